The van der Waals surface area contributed by atoms with Crippen LogP contribution in [0.4, 0.5) is 0 Å². The van der Waals surface area contributed by atoms with E-state index in [1.807, 2.05) is 0 Å². The minimum atomic E-state index is 1.20. The zero-order valence-electron chi connectivity index (χ0n) is 22.8. The molecule has 0 spiro atoms. The summed E-state index contributed by atoms with van der Waals surface area (Å²) in [7, 11) is 0. The lowest BCUT2D eigenvalue weighted by Gasteiger charge is -2.11. The quantitative estimate of drug-likeness (QED) is 0.202. The summed E-state index contributed by atoms with van der Waals surface area (Å²) in [6, 6.07) is 37.5. The monoisotopic (exact) mass is 514 g/mol. The summed E-state index contributed by atoms with van der Waals surface area (Å²) in [4.78, 5) is 0. The van der Waals surface area contributed by atoms with Crippen LogP contribution in [0.2, 0.25) is 0 Å². The number of aromatic nitrogens is 2. The molecule has 7 rings (SSSR count). The Balaban J connectivity index is 1.49. The van der Waals surface area contributed by atoms with E-state index in [0.717, 1.165) is 0 Å². The second kappa shape index (κ2) is 9.91. The molecule has 0 aliphatic rings. The van der Waals surface area contributed by atoms with Crippen LogP contribution in [0.3, 0.4) is 0 Å². The van der Waals surface area contributed by atoms with Gasteiger partial charge in [-0.1, -0.05) is 109 Å². The Labute approximate surface area is 234 Å². The fraction of sp³-hybridized carbons (Fsp3) is 0.0526. The van der Waals surface area contributed by atoms with Gasteiger partial charge < -0.3 is 9.13 Å². The van der Waals surface area contributed by atoms with E-state index in [0.29, 0.717) is 0 Å². The largest absolute Gasteiger partial charge is 0.316 e. The molecule has 2 heterocycles. The highest BCUT2D eigenvalue weighted by atomic mass is 15.0. The molecule has 7 aromatic rings. The maximum atomic E-state index is 2.44. The van der Waals surface area contributed by atoms with E-state index in [4.69, 9.17) is 0 Å². The van der Waals surface area contributed by atoms with Crippen molar-refractivity contribution in [2.24, 2.45) is 0 Å². The molecule has 5 aromatic carbocycles. The molecule has 40 heavy (non-hydrogen) atoms. The maximum absolute atomic E-state index is 2.44. The summed E-state index contributed by atoms with van der Waals surface area (Å²) >= 11 is 0. The lowest BCUT2D eigenvalue weighted by atomic mass is 10.1. The molecule has 0 aliphatic carbocycles. The molecular formula is C38H30N2. The van der Waals surface area contributed by atoms with Crippen molar-refractivity contribution in [2.45, 2.75) is 13.8 Å². The Kier molecular flexibility index (Phi) is 5.94. The van der Waals surface area contributed by atoms with Crippen molar-refractivity contribution in [3.8, 4) is 5.69 Å². The molecule has 2 aromatic heterocycles. The summed E-state index contributed by atoms with van der Waals surface area (Å²) in [6.07, 6.45) is 14.8. The first kappa shape index (κ1) is 24.0. The van der Waals surface area contributed by atoms with Crippen LogP contribution in [0.25, 0.3) is 66.3 Å². The van der Waals surface area contributed by atoms with Gasteiger partial charge in [-0.25, -0.2) is 0 Å². The van der Waals surface area contributed by atoms with Gasteiger partial charge in [0.1, 0.15) is 0 Å². The van der Waals surface area contributed by atoms with Crippen LogP contribution in [0.15, 0.2) is 145 Å². The second-order valence-electron chi connectivity index (χ2n) is 10.2. The number of hydrogen-bond donors (Lipinski definition) is 0. The number of benzene rings is 5. The maximum Gasteiger partial charge on any atom is 0.0549 e. The first-order valence-electron chi connectivity index (χ1n) is 13.8. The van der Waals surface area contributed by atoms with E-state index in [9.17, 15) is 0 Å². The van der Waals surface area contributed by atoms with Gasteiger partial charge in [-0.3, -0.25) is 0 Å². The van der Waals surface area contributed by atoms with E-state index < -0.39 is 0 Å². The lowest BCUT2D eigenvalue weighted by Crippen LogP contribution is -1.95. The third kappa shape index (κ3) is 3.88. The number of nitrogens with zero attached hydrogens (tertiary/aromatic N) is 2. The van der Waals surface area contributed by atoms with Gasteiger partial charge >= 0.3 is 0 Å². The van der Waals surface area contributed by atoms with Gasteiger partial charge in [-0.15, -0.1) is 0 Å². The summed E-state index contributed by atoms with van der Waals surface area (Å²) < 4.78 is 4.76. The molecule has 2 nitrogen and oxygen atoms in total. The molecule has 0 fully saturated rings. The minimum absolute atomic E-state index is 1.20. The van der Waals surface area contributed by atoms with Crippen molar-refractivity contribution >= 4 is 60.6 Å². The highest BCUT2D eigenvalue weighted by Gasteiger charge is 2.17. The lowest BCUT2D eigenvalue weighted by molar-refractivity contribution is 1.20. The molecule has 0 saturated carbocycles. The molecule has 192 valence electrons. The standard InChI is InChI=1S/C38H30N2/c1-3-27(2)15-6-4-5-13-24-39-34-21-11-9-19-30(34)32-26-38-33(25-37(32)39)31-20-10-12-22-36(31)40(38)35-23-14-17-28-16-7-8-18-29(28)35/h3-26H,1-2H3/b5-4-,15-6-,24-13-,27-3+. The molecule has 0 aliphatic heterocycles. The van der Waals surface area contributed by atoms with Crippen molar-refractivity contribution in [2.75, 3.05) is 0 Å². The van der Waals surface area contributed by atoms with Crippen molar-refractivity contribution in [3.05, 3.63) is 145 Å². The van der Waals surface area contributed by atoms with E-state index >= 15 is 0 Å². The Hall–Kier alpha value is -5.08. The smallest absolute Gasteiger partial charge is 0.0549 e. The molecule has 0 amide bonds. The Morgan fingerprint density at radius 2 is 1.18 bits per heavy atom. The van der Waals surface area contributed by atoms with Gasteiger partial charge in [0.15, 0.2) is 0 Å². The topological polar surface area (TPSA) is 9.86 Å². The van der Waals surface area contributed by atoms with Crippen molar-refractivity contribution in [1.29, 1.82) is 0 Å². The normalized spacial score (nSPS) is 13.1. The highest BCUT2D eigenvalue weighted by molar-refractivity contribution is 6.19. The van der Waals surface area contributed by atoms with Crippen LogP contribution < -0.4 is 0 Å². The summed E-state index contributed by atoms with van der Waals surface area (Å²) in [6.45, 7) is 4.16. The molecule has 0 unspecified atom stereocenters. The predicted octanol–water partition coefficient (Wildman–Crippen LogP) is 10.6. The number of hydrogen-bond acceptors (Lipinski definition) is 0. The highest BCUT2D eigenvalue weighted by Crippen LogP contribution is 2.39. The molecule has 0 radical (unpaired) electrons. The van der Waals surface area contributed by atoms with Crippen molar-refractivity contribution in [3.63, 3.8) is 0 Å². The predicted molar refractivity (Wildman–Crippen MR) is 174 cm³/mol. The number of para-hydroxylation sites is 2. The van der Waals surface area contributed by atoms with Crippen LogP contribution in [0, 0.1) is 0 Å². The van der Waals surface area contributed by atoms with Crippen LogP contribution in [-0.2, 0) is 0 Å². The van der Waals surface area contributed by atoms with Crippen molar-refractivity contribution < 1.29 is 0 Å². The fourth-order valence-electron chi connectivity index (χ4n) is 5.85. The van der Waals surface area contributed by atoms with E-state index in [-0.39, 0.29) is 0 Å². The van der Waals surface area contributed by atoms with Gasteiger partial charge in [0, 0.05) is 33.1 Å². The van der Waals surface area contributed by atoms with Crippen LogP contribution in [-0.4, -0.2) is 9.13 Å². The molecule has 0 N–H and O–H groups in total. The summed E-state index contributed by atoms with van der Waals surface area (Å²) in [5.41, 5.74) is 7.32. The SMILES string of the molecule is C/C=C(C)/C=C\C=C/C=C\n1c2ccccc2c2cc3c(cc21)c1ccccc1n3-c1cccc2ccccc12. The van der Waals surface area contributed by atoms with E-state index in [2.05, 4.69) is 169 Å². The molecule has 0 saturated heterocycles. The van der Waals surface area contributed by atoms with E-state index in [1.54, 1.807) is 0 Å². The Morgan fingerprint density at radius 1 is 0.550 bits per heavy atom. The van der Waals surface area contributed by atoms with Gasteiger partial charge in [-0.05, 0) is 55.6 Å². The zero-order chi connectivity index (χ0) is 27.1. The molecule has 0 atom stereocenters. The number of fused-ring (bicyclic) bond motifs is 7. The van der Waals surface area contributed by atoms with Crippen LogP contribution in [0.5, 0.6) is 0 Å². The summed E-state index contributed by atoms with van der Waals surface area (Å²) in [5, 5.41) is 7.53. The average molecular weight is 515 g/mol. The van der Waals surface area contributed by atoms with Gasteiger partial charge in [0.2, 0.25) is 0 Å². The third-order valence-corrected chi connectivity index (χ3v) is 7.89. The Bertz CT molecular complexity index is 2170. The van der Waals surface area contributed by atoms with Gasteiger partial charge in [0.05, 0.1) is 27.8 Å². The second-order valence-corrected chi connectivity index (χ2v) is 10.2. The fourth-order valence-corrected chi connectivity index (χ4v) is 5.85. The average Bonchev–Trinajstić information content (AvgIpc) is 3.49. The Morgan fingerprint density at radius 3 is 2.00 bits per heavy atom. The third-order valence-electron chi connectivity index (χ3n) is 7.89. The van der Waals surface area contributed by atoms with Crippen LogP contribution in [0.1, 0.15) is 13.8 Å². The van der Waals surface area contributed by atoms with Crippen LogP contribution >= 0.6 is 0 Å². The first-order valence-corrected chi connectivity index (χ1v) is 13.8. The van der Waals surface area contributed by atoms with Crippen molar-refractivity contribution in [1.82, 2.24) is 9.13 Å². The molecule has 0 bridgehead atoms. The minimum Gasteiger partial charge on any atom is -0.316 e. The number of rotatable bonds is 5. The summed E-state index contributed by atoms with van der Waals surface area (Å²) in [5.74, 6) is 0. The first-order chi connectivity index (χ1) is 19.7. The number of allylic oxidation sites excluding steroid dienone is 7. The van der Waals surface area contributed by atoms with Gasteiger partial charge in [-0.2, -0.15) is 0 Å². The molecular weight excluding hydrogens is 484 g/mol. The molecule has 2 heteroatoms. The zero-order valence-corrected chi connectivity index (χ0v) is 22.8. The van der Waals surface area contributed by atoms with E-state index in [1.165, 1.54) is 65.6 Å². The van der Waals surface area contributed by atoms with Gasteiger partial charge in [0.25, 0.3) is 0 Å².